The number of aryl methyl sites for hydroxylation is 2. The smallest absolute Gasteiger partial charge is 0.259 e. The van der Waals surface area contributed by atoms with Crippen molar-refractivity contribution in [1.29, 1.82) is 0 Å². The SMILES string of the molecule is O=C(Nc1ncc(Cl)cc1Cl)c1c[nH]c2c1-c1ncncc1CCC2. The molecule has 3 aromatic rings. The van der Waals surface area contributed by atoms with Gasteiger partial charge in [0, 0.05) is 29.8 Å². The number of amides is 1. The van der Waals surface area contributed by atoms with Gasteiger partial charge in [0.2, 0.25) is 0 Å². The van der Waals surface area contributed by atoms with Crippen molar-refractivity contribution in [2.45, 2.75) is 19.3 Å². The number of rotatable bonds is 2. The first-order valence-electron chi connectivity index (χ1n) is 7.75. The molecule has 0 saturated carbocycles. The second-order valence-corrected chi connectivity index (χ2v) is 6.59. The fourth-order valence-electron chi connectivity index (χ4n) is 3.02. The maximum Gasteiger partial charge on any atom is 0.259 e. The van der Waals surface area contributed by atoms with Crippen LogP contribution in [-0.4, -0.2) is 25.8 Å². The third-order valence-electron chi connectivity index (χ3n) is 4.14. The number of hydrogen-bond acceptors (Lipinski definition) is 4. The van der Waals surface area contributed by atoms with Gasteiger partial charge in [-0.3, -0.25) is 4.79 Å². The molecule has 0 aliphatic heterocycles. The van der Waals surface area contributed by atoms with Crippen molar-refractivity contribution in [3.63, 3.8) is 0 Å². The largest absolute Gasteiger partial charge is 0.364 e. The number of anilines is 1. The Morgan fingerprint density at radius 1 is 1.20 bits per heavy atom. The molecule has 0 aromatic carbocycles. The predicted molar refractivity (Wildman–Crippen MR) is 96.1 cm³/mol. The van der Waals surface area contributed by atoms with Gasteiger partial charge in [-0.1, -0.05) is 23.2 Å². The summed E-state index contributed by atoms with van der Waals surface area (Å²) in [6.45, 7) is 0. The summed E-state index contributed by atoms with van der Waals surface area (Å²) < 4.78 is 0. The zero-order valence-electron chi connectivity index (χ0n) is 13.0. The van der Waals surface area contributed by atoms with Crippen LogP contribution in [0.25, 0.3) is 11.3 Å². The summed E-state index contributed by atoms with van der Waals surface area (Å²) in [7, 11) is 0. The molecule has 1 aliphatic rings. The van der Waals surface area contributed by atoms with Crippen LogP contribution in [-0.2, 0) is 12.8 Å². The van der Waals surface area contributed by atoms with Gasteiger partial charge in [-0.2, -0.15) is 0 Å². The number of hydrogen-bond donors (Lipinski definition) is 2. The van der Waals surface area contributed by atoms with Crippen molar-refractivity contribution in [1.82, 2.24) is 19.9 Å². The van der Waals surface area contributed by atoms with E-state index in [0.717, 1.165) is 41.8 Å². The predicted octanol–water partition coefficient (Wildman–Crippen LogP) is 3.91. The van der Waals surface area contributed by atoms with E-state index < -0.39 is 0 Å². The van der Waals surface area contributed by atoms with Gasteiger partial charge in [0.25, 0.3) is 5.91 Å². The first-order valence-corrected chi connectivity index (χ1v) is 8.51. The van der Waals surface area contributed by atoms with Crippen LogP contribution >= 0.6 is 23.2 Å². The Balaban J connectivity index is 1.74. The second kappa shape index (κ2) is 6.46. The van der Waals surface area contributed by atoms with Gasteiger partial charge >= 0.3 is 0 Å². The average molecular weight is 374 g/mol. The maximum absolute atomic E-state index is 12.8. The van der Waals surface area contributed by atoms with Gasteiger partial charge < -0.3 is 10.3 Å². The summed E-state index contributed by atoms with van der Waals surface area (Å²) in [5.74, 6) is -0.0387. The number of nitrogens with one attached hydrogen (secondary N) is 2. The van der Waals surface area contributed by atoms with E-state index in [1.165, 1.54) is 18.6 Å². The monoisotopic (exact) mass is 373 g/mol. The Kier molecular flexibility index (Phi) is 4.15. The Hall–Kier alpha value is -2.44. The lowest BCUT2D eigenvalue weighted by molar-refractivity contribution is 0.102. The zero-order valence-corrected chi connectivity index (χ0v) is 14.5. The van der Waals surface area contributed by atoms with Crippen LogP contribution in [0.1, 0.15) is 28.0 Å². The van der Waals surface area contributed by atoms with Crippen LogP contribution in [0.5, 0.6) is 0 Å². The molecule has 0 atom stereocenters. The van der Waals surface area contributed by atoms with E-state index in [9.17, 15) is 4.79 Å². The maximum atomic E-state index is 12.8. The lowest BCUT2D eigenvalue weighted by atomic mass is 10.0. The number of halogens is 2. The van der Waals surface area contributed by atoms with Crippen LogP contribution in [0.3, 0.4) is 0 Å². The van der Waals surface area contributed by atoms with E-state index in [4.69, 9.17) is 23.2 Å². The van der Waals surface area contributed by atoms with Crippen molar-refractivity contribution in [3.8, 4) is 11.3 Å². The van der Waals surface area contributed by atoms with Gasteiger partial charge in [0.15, 0.2) is 5.82 Å². The molecule has 0 saturated heterocycles. The van der Waals surface area contributed by atoms with Crippen molar-refractivity contribution in [3.05, 3.63) is 57.9 Å². The fraction of sp³-hybridized carbons (Fsp3) is 0.176. The molecule has 126 valence electrons. The topological polar surface area (TPSA) is 83.6 Å². The van der Waals surface area contributed by atoms with E-state index in [2.05, 4.69) is 25.3 Å². The molecule has 6 nitrogen and oxygen atoms in total. The minimum Gasteiger partial charge on any atom is -0.364 e. The van der Waals surface area contributed by atoms with Gasteiger partial charge in [-0.05, 0) is 30.9 Å². The quantitative estimate of drug-likeness (QED) is 0.712. The second-order valence-electron chi connectivity index (χ2n) is 5.74. The fourth-order valence-corrected chi connectivity index (χ4v) is 3.44. The Morgan fingerprint density at radius 2 is 2.08 bits per heavy atom. The number of pyridine rings is 1. The minimum atomic E-state index is -0.305. The van der Waals surface area contributed by atoms with E-state index in [-0.39, 0.29) is 16.7 Å². The minimum absolute atomic E-state index is 0.266. The Labute approximate surface area is 153 Å². The van der Waals surface area contributed by atoms with Crippen molar-refractivity contribution in [2.75, 3.05) is 5.32 Å². The Bertz CT molecular complexity index is 969. The molecular formula is C17H13Cl2N5O. The van der Waals surface area contributed by atoms with E-state index in [1.54, 1.807) is 6.20 Å². The highest BCUT2D eigenvalue weighted by Crippen LogP contribution is 2.33. The average Bonchev–Trinajstić information content (AvgIpc) is 2.93. The number of fused-ring (bicyclic) bond motifs is 3. The summed E-state index contributed by atoms with van der Waals surface area (Å²) in [4.78, 5) is 28.6. The third-order valence-corrected chi connectivity index (χ3v) is 4.64. The number of aromatic amines is 1. The zero-order chi connectivity index (χ0) is 17.4. The lowest BCUT2D eigenvalue weighted by Crippen LogP contribution is -2.14. The van der Waals surface area contributed by atoms with E-state index in [1.807, 2.05) is 6.20 Å². The summed E-state index contributed by atoms with van der Waals surface area (Å²) in [5, 5.41) is 3.43. The summed E-state index contributed by atoms with van der Waals surface area (Å²) >= 11 is 11.9. The highest BCUT2D eigenvalue weighted by Gasteiger charge is 2.24. The van der Waals surface area contributed by atoms with Gasteiger partial charge in [-0.25, -0.2) is 15.0 Å². The van der Waals surface area contributed by atoms with E-state index >= 15 is 0 Å². The number of nitrogens with zero attached hydrogens (tertiary/aromatic N) is 3. The summed E-state index contributed by atoms with van der Waals surface area (Å²) in [6.07, 6.45) is 9.14. The highest BCUT2D eigenvalue weighted by atomic mass is 35.5. The molecule has 8 heteroatoms. The summed E-state index contributed by atoms with van der Waals surface area (Å²) in [5.41, 5.74) is 4.15. The summed E-state index contributed by atoms with van der Waals surface area (Å²) in [6, 6.07) is 1.53. The van der Waals surface area contributed by atoms with Crippen molar-refractivity contribution < 1.29 is 4.79 Å². The molecule has 0 spiro atoms. The molecule has 3 aromatic heterocycles. The van der Waals surface area contributed by atoms with Gasteiger partial charge in [-0.15, -0.1) is 0 Å². The van der Waals surface area contributed by atoms with Gasteiger partial charge in [0.05, 0.1) is 21.3 Å². The van der Waals surface area contributed by atoms with Crippen molar-refractivity contribution >= 4 is 34.9 Å². The standard InChI is InChI=1S/C17H13Cl2N5O/c18-10-4-12(19)16(22-6-10)24-17(25)11-7-21-13-3-1-2-9-5-20-8-23-15(9)14(11)13/h4-8,21H,1-3H2,(H,22,24,25). The Morgan fingerprint density at radius 3 is 2.92 bits per heavy atom. The molecule has 4 rings (SSSR count). The molecule has 3 heterocycles. The van der Waals surface area contributed by atoms with Crippen LogP contribution in [0.2, 0.25) is 10.0 Å². The number of aromatic nitrogens is 4. The number of H-pyrrole nitrogens is 1. The molecule has 0 unspecified atom stereocenters. The third kappa shape index (κ3) is 2.99. The molecule has 0 fully saturated rings. The van der Waals surface area contributed by atoms with Crippen molar-refractivity contribution in [2.24, 2.45) is 0 Å². The molecule has 25 heavy (non-hydrogen) atoms. The molecule has 1 amide bonds. The first-order chi connectivity index (χ1) is 12.1. The molecule has 0 bridgehead atoms. The highest BCUT2D eigenvalue weighted by molar-refractivity contribution is 6.36. The van der Waals surface area contributed by atoms with Crippen LogP contribution in [0.15, 0.2) is 31.0 Å². The van der Waals surface area contributed by atoms with Crippen LogP contribution in [0, 0.1) is 0 Å². The molecule has 2 N–H and O–H groups in total. The molecule has 0 radical (unpaired) electrons. The first kappa shape index (κ1) is 16.1. The molecular weight excluding hydrogens is 361 g/mol. The van der Waals surface area contributed by atoms with E-state index in [0.29, 0.717) is 10.6 Å². The van der Waals surface area contributed by atoms with Crippen LogP contribution in [0.4, 0.5) is 5.82 Å². The molecule has 1 aliphatic carbocycles. The normalized spacial score (nSPS) is 12.9. The van der Waals surface area contributed by atoms with Crippen LogP contribution < -0.4 is 5.32 Å². The number of carbonyl (C=O) groups excluding carboxylic acids is 1. The number of carbonyl (C=O) groups is 1. The lowest BCUT2D eigenvalue weighted by Gasteiger charge is -2.09. The van der Waals surface area contributed by atoms with Gasteiger partial charge in [0.1, 0.15) is 6.33 Å².